The summed E-state index contributed by atoms with van der Waals surface area (Å²) in [5.74, 6) is 0.426. The summed E-state index contributed by atoms with van der Waals surface area (Å²) >= 11 is 0. The van der Waals surface area contributed by atoms with Crippen molar-refractivity contribution in [3.8, 4) is 22.4 Å². The normalized spacial score (nSPS) is 10.8. The fraction of sp³-hybridized carbons (Fsp3) is 0. The Morgan fingerprint density at radius 3 is 2.25 bits per heavy atom. The molecule has 2 aromatic heterocycles. The first kappa shape index (κ1) is 14.1. The number of nitrogens with two attached hydrogens (primary N) is 2. The summed E-state index contributed by atoms with van der Waals surface area (Å²) in [6, 6.07) is 19.7. The van der Waals surface area contributed by atoms with Crippen molar-refractivity contribution in [1.82, 2.24) is 15.0 Å². The highest BCUT2D eigenvalue weighted by molar-refractivity contribution is 6.00. The lowest BCUT2D eigenvalue weighted by Gasteiger charge is -2.11. The Kier molecular flexibility index (Phi) is 3.31. The molecule has 0 radical (unpaired) electrons. The van der Waals surface area contributed by atoms with E-state index in [0.29, 0.717) is 11.5 Å². The van der Waals surface area contributed by atoms with Gasteiger partial charge in [-0.15, -0.1) is 0 Å². The van der Waals surface area contributed by atoms with Crippen LogP contribution in [-0.2, 0) is 0 Å². The van der Waals surface area contributed by atoms with E-state index >= 15 is 0 Å². The predicted molar refractivity (Wildman–Crippen MR) is 97.0 cm³/mol. The van der Waals surface area contributed by atoms with E-state index in [2.05, 4.69) is 15.0 Å². The minimum atomic E-state index is 0.426. The zero-order chi connectivity index (χ0) is 16.5. The van der Waals surface area contributed by atoms with Gasteiger partial charge in [0.05, 0.1) is 11.1 Å². The quantitative estimate of drug-likeness (QED) is 0.552. The molecule has 0 aliphatic carbocycles. The first-order valence-corrected chi connectivity index (χ1v) is 7.55. The summed E-state index contributed by atoms with van der Waals surface area (Å²) in [5.41, 5.74) is 17.0. The van der Waals surface area contributed by atoms with Crippen molar-refractivity contribution < 1.29 is 0 Å². The molecule has 2 heterocycles. The third kappa shape index (κ3) is 2.42. The minimum absolute atomic E-state index is 0.426. The summed E-state index contributed by atoms with van der Waals surface area (Å²) in [7, 11) is 0. The van der Waals surface area contributed by atoms with Crippen LogP contribution in [0.15, 0.2) is 67.0 Å². The number of nitrogen functional groups attached to an aromatic ring is 2. The van der Waals surface area contributed by atoms with Crippen LogP contribution in [0.4, 0.5) is 11.5 Å². The van der Waals surface area contributed by atoms with Crippen molar-refractivity contribution in [3.63, 3.8) is 0 Å². The van der Waals surface area contributed by atoms with Gasteiger partial charge < -0.3 is 11.5 Å². The van der Waals surface area contributed by atoms with E-state index in [4.69, 9.17) is 11.5 Å². The second kappa shape index (κ2) is 5.62. The van der Waals surface area contributed by atoms with Crippen LogP contribution in [0.1, 0.15) is 0 Å². The predicted octanol–water partition coefficient (Wildman–Crippen LogP) is 3.52. The van der Waals surface area contributed by atoms with Gasteiger partial charge >= 0.3 is 0 Å². The Morgan fingerprint density at radius 2 is 1.50 bits per heavy atom. The molecule has 5 nitrogen and oxygen atoms in total. The molecule has 0 saturated carbocycles. The van der Waals surface area contributed by atoms with E-state index in [9.17, 15) is 0 Å². The van der Waals surface area contributed by atoms with E-state index in [1.165, 1.54) is 6.33 Å². The monoisotopic (exact) mass is 313 g/mol. The van der Waals surface area contributed by atoms with Crippen LogP contribution in [0.5, 0.6) is 0 Å². The van der Waals surface area contributed by atoms with Gasteiger partial charge in [-0.25, -0.2) is 15.0 Å². The Hall–Kier alpha value is -3.47. The van der Waals surface area contributed by atoms with Gasteiger partial charge in [0.25, 0.3) is 0 Å². The molecule has 0 aliphatic rings. The Labute approximate surface area is 139 Å². The summed E-state index contributed by atoms with van der Waals surface area (Å²) < 4.78 is 0. The smallest absolute Gasteiger partial charge is 0.165 e. The molecule has 5 heteroatoms. The van der Waals surface area contributed by atoms with Crippen LogP contribution < -0.4 is 11.5 Å². The van der Waals surface area contributed by atoms with Crippen LogP contribution >= 0.6 is 0 Å². The second-order valence-electron chi connectivity index (χ2n) is 5.50. The average Bonchev–Trinajstić information content (AvgIpc) is 2.62. The first-order valence-electron chi connectivity index (χ1n) is 7.55. The van der Waals surface area contributed by atoms with Crippen LogP contribution in [0.3, 0.4) is 0 Å². The Balaban J connectivity index is 2.03. The number of nitrogens with zero attached hydrogens (tertiary/aromatic N) is 3. The van der Waals surface area contributed by atoms with Gasteiger partial charge in [0.15, 0.2) is 5.65 Å². The number of fused-ring (bicyclic) bond motifs is 1. The molecule has 24 heavy (non-hydrogen) atoms. The largest absolute Gasteiger partial charge is 0.399 e. The zero-order valence-electron chi connectivity index (χ0n) is 12.8. The maximum absolute atomic E-state index is 6.10. The van der Waals surface area contributed by atoms with Crippen LogP contribution in [0, 0.1) is 0 Å². The summed E-state index contributed by atoms with van der Waals surface area (Å²) in [4.78, 5) is 13.1. The maximum Gasteiger partial charge on any atom is 0.165 e. The van der Waals surface area contributed by atoms with Crippen LogP contribution in [-0.4, -0.2) is 15.0 Å². The van der Waals surface area contributed by atoms with Gasteiger partial charge in [0.1, 0.15) is 12.1 Å². The van der Waals surface area contributed by atoms with Crippen LogP contribution in [0.25, 0.3) is 33.4 Å². The third-order valence-electron chi connectivity index (χ3n) is 3.92. The number of rotatable bonds is 2. The molecule has 0 unspecified atom stereocenters. The molecule has 0 amide bonds. The fourth-order valence-electron chi connectivity index (χ4n) is 2.74. The number of hydrogen-bond donors (Lipinski definition) is 2. The van der Waals surface area contributed by atoms with E-state index < -0.39 is 0 Å². The van der Waals surface area contributed by atoms with Crippen molar-refractivity contribution in [3.05, 3.63) is 67.0 Å². The van der Waals surface area contributed by atoms with Gasteiger partial charge in [-0.3, -0.25) is 0 Å². The van der Waals surface area contributed by atoms with Gasteiger partial charge in [0, 0.05) is 11.3 Å². The Morgan fingerprint density at radius 1 is 0.750 bits per heavy atom. The number of hydrogen-bond acceptors (Lipinski definition) is 5. The second-order valence-corrected chi connectivity index (χ2v) is 5.50. The van der Waals surface area contributed by atoms with E-state index in [1.807, 2.05) is 60.7 Å². The first-order chi connectivity index (χ1) is 11.7. The molecule has 4 rings (SSSR count). The van der Waals surface area contributed by atoms with Crippen LogP contribution in [0.2, 0.25) is 0 Å². The van der Waals surface area contributed by atoms with Crippen molar-refractivity contribution in [2.45, 2.75) is 0 Å². The molecule has 4 N–H and O–H groups in total. The van der Waals surface area contributed by atoms with E-state index in [0.717, 1.165) is 33.5 Å². The summed E-state index contributed by atoms with van der Waals surface area (Å²) in [6.45, 7) is 0. The SMILES string of the molecule is Nc1ccc(-c2cc(-c3ccccc3)c3c(N)ncnc3n2)cc1. The highest BCUT2D eigenvalue weighted by Crippen LogP contribution is 2.33. The molecule has 0 spiro atoms. The van der Waals surface area contributed by atoms with Crippen molar-refractivity contribution in [2.24, 2.45) is 0 Å². The summed E-state index contributed by atoms with van der Waals surface area (Å²) in [5, 5.41) is 0.767. The van der Waals surface area contributed by atoms with Gasteiger partial charge in [0.2, 0.25) is 0 Å². The maximum atomic E-state index is 6.10. The molecule has 0 atom stereocenters. The number of benzene rings is 2. The topological polar surface area (TPSA) is 90.7 Å². The molecule has 116 valence electrons. The molecular weight excluding hydrogens is 298 g/mol. The van der Waals surface area contributed by atoms with Gasteiger partial charge in [-0.1, -0.05) is 42.5 Å². The number of pyridine rings is 1. The fourth-order valence-corrected chi connectivity index (χ4v) is 2.74. The minimum Gasteiger partial charge on any atom is -0.399 e. The zero-order valence-corrected chi connectivity index (χ0v) is 12.8. The molecule has 4 aromatic rings. The molecule has 0 aliphatic heterocycles. The standard InChI is InChI=1S/C19H15N5/c20-14-8-6-13(7-9-14)16-10-15(12-4-2-1-3-5-12)17-18(21)22-11-23-19(17)24-16/h1-11H,20H2,(H2,21,22,23,24). The molecular formula is C19H15N5. The van der Waals surface area contributed by atoms with Gasteiger partial charge in [-0.05, 0) is 29.3 Å². The lowest BCUT2D eigenvalue weighted by molar-refractivity contribution is 1.19. The van der Waals surface area contributed by atoms with E-state index in [-0.39, 0.29) is 0 Å². The Bertz CT molecular complexity index is 1010. The highest BCUT2D eigenvalue weighted by atomic mass is 15.0. The molecule has 0 fully saturated rings. The third-order valence-corrected chi connectivity index (χ3v) is 3.92. The molecule has 0 bridgehead atoms. The number of aromatic nitrogens is 3. The average molecular weight is 313 g/mol. The summed E-state index contributed by atoms with van der Waals surface area (Å²) in [6.07, 6.45) is 1.44. The molecule has 2 aromatic carbocycles. The lowest BCUT2D eigenvalue weighted by Crippen LogP contribution is -1.98. The number of anilines is 2. The molecule has 0 saturated heterocycles. The van der Waals surface area contributed by atoms with Crippen molar-refractivity contribution >= 4 is 22.5 Å². The van der Waals surface area contributed by atoms with Crippen molar-refractivity contribution in [1.29, 1.82) is 0 Å². The highest BCUT2D eigenvalue weighted by Gasteiger charge is 2.13. The van der Waals surface area contributed by atoms with Gasteiger partial charge in [-0.2, -0.15) is 0 Å². The van der Waals surface area contributed by atoms with E-state index in [1.54, 1.807) is 0 Å². The van der Waals surface area contributed by atoms with Crippen molar-refractivity contribution in [2.75, 3.05) is 11.5 Å². The lowest BCUT2D eigenvalue weighted by atomic mass is 10.00.